The molecule has 1 atom stereocenters. The molecule has 1 heterocycles. The molecule has 1 unspecified atom stereocenters. The van der Waals surface area contributed by atoms with Gasteiger partial charge in [0.1, 0.15) is 11.6 Å². The van der Waals surface area contributed by atoms with Gasteiger partial charge in [-0.15, -0.1) is 0 Å². The SMILES string of the molecule is Cc1ccc(F)cc1CC(=O)CC1CCCNC1. The van der Waals surface area contributed by atoms with Gasteiger partial charge >= 0.3 is 0 Å². The van der Waals surface area contributed by atoms with Gasteiger partial charge in [0.15, 0.2) is 0 Å². The first-order valence-corrected chi connectivity index (χ1v) is 6.62. The summed E-state index contributed by atoms with van der Waals surface area (Å²) in [6.45, 7) is 3.92. The van der Waals surface area contributed by atoms with Gasteiger partial charge in [0.25, 0.3) is 0 Å². The van der Waals surface area contributed by atoms with Gasteiger partial charge in [0, 0.05) is 12.8 Å². The van der Waals surface area contributed by atoms with Crippen LogP contribution in [0.4, 0.5) is 4.39 Å². The topological polar surface area (TPSA) is 29.1 Å². The fourth-order valence-corrected chi connectivity index (χ4v) is 2.54. The molecule has 0 aromatic heterocycles. The summed E-state index contributed by atoms with van der Waals surface area (Å²) in [4.78, 5) is 12.0. The summed E-state index contributed by atoms with van der Waals surface area (Å²) in [5, 5.41) is 3.31. The largest absolute Gasteiger partial charge is 0.316 e. The van der Waals surface area contributed by atoms with Gasteiger partial charge in [-0.3, -0.25) is 4.79 Å². The third-order valence-electron chi connectivity index (χ3n) is 3.61. The Hall–Kier alpha value is -1.22. The van der Waals surface area contributed by atoms with Crippen LogP contribution in [0.15, 0.2) is 18.2 Å². The van der Waals surface area contributed by atoms with Crippen LogP contribution >= 0.6 is 0 Å². The normalized spacial score (nSPS) is 19.8. The Morgan fingerprint density at radius 1 is 1.50 bits per heavy atom. The molecule has 1 aliphatic rings. The van der Waals surface area contributed by atoms with Gasteiger partial charge in [-0.05, 0) is 62.0 Å². The van der Waals surface area contributed by atoms with Crippen LogP contribution in [0.2, 0.25) is 0 Å². The molecule has 3 heteroatoms. The molecule has 0 amide bonds. The van der Waals surface area contributed by atoms with E-state index in [1.807, 2.05) is 6.92 Å². The van der Waals surface area contributed by atoms with Gasteiger partial charge in [0.05, 0.1) is 0 Å². The van der Waals surface area contributed by atoms with E-state index in [1.54, 1.807) is 6.07 Å². The maximum absolute atomic E-state index is 13.1. The second kappa shape index (κ2) is 6.10. The number of ketones is 1. The standard InChI is InChI=1S/C15H20FNO/c1-11-4-5-14(16)8-13(11)9-15(18)7-12-3-2-6-17-10-12/h4-5,8,12,17H,2-3,6-7,9-10H2,1H3. The number of Topliss-reactive ketones (excluding diaryl/α,β-unsaturated/α-hetero) is 1. The molecular weight excluding hydrogens is 229 g/mol. The summed E-state index contributed by atoms with van der Waals surface area (Å²) >= 11 is 0. The Labute approximate surface area is 108 Å². The summed E-state index contributed by atoms with van der Waals surface area (Å²) in [6, 6.07) is 4.65. The lowest BCUT2D eigenvalue weighted by Gasteiger charge is -2.22. The molecule has 1 aliphatic heterocycles. The van der Waals surface area contributed by atoms with Crippen LogP contribution in [0.3, 0.4) is 0 Å². The van der Waals surface area contributed by atoms with E-state index >= 15 is 0 Å². The Morgan fingerprint density at radius 3 is 3.06 bits per heavy atom. The molecule has 98 valence electrons. The van der Waals surface area contributed by atoms with E-state index < -0.39 is 0 Å². The fraction of sp³-hybridized carbons (Fsp3) is 0.533. The van der Waals surface area contributed by atoms with E-state index in [4.69, 9.17) is 0 Å². The van der Waals surface area contributed by atoms with Crippen molar-refractivity contribution < 1.29 is 9.18 Å². The molecule has 0 spiro atoms. The third-order valence-corrected chi connectivity index (χ3v) is 3.61. The van der Waals surface area contributed by atoms with Crippen LogP contribution in [0, 0.1) is 18.7 Å². The minimum atomic E-state index is -0.261. The molecule has 1 aromatic carbocycles. The van der Waals surface area contributed by atoms with E-state index in [2.05, 4.69) is 5.32 Å². The average Bonchev–Trinajstić information content (AvgIpc) is 2.35. The van der Waals surface area contributed by atoms with E-state index in [0.717, 1.165) is 37.1 Å². The predicted molar refractivity (Wildman–Crippen MR) is 70.1 cm³/mol. The van der Waals surface area contributed by atoms with E-state index in [0.29, 0.717) is 18.8 Å². The summed E-state index contributed by atoms with van der Waals surface area (Å²) in [5.41, 5.74) is 1.82. The quantitative estimate of drug-likeness (QED) is 0.888. The number of hydrogen-bond acceptors (Lipinski definition) is 2. The lowest BCUT2D eigenvalue weighted by Crippen LogP contribution is -2.31. The van der Waals surface area contributed by atoms with Crippen molar-refractivity contribution in [2.45, 2.75) is 32.6 Å². The number of nitrogens with one attached hydrogen (secondary N) is 1. The lowest BCUT2D eigenvalue weighted by atomic mass is 9.91. The molecule has 1 saturated heterocycles. The molecular formula is C15H20FNO. The zero-order chi connectivity index (χ0) is 13.0. The first kappa shape index (κ1) is 13.2. The van der Waals surface area contributed by atoms with Crippen molar-refractivity contribution in [3.05, 3.63) is 35.1 Å². The number of piperidine rings is 1. The fourth-order valence-electron chi connectivity index (χ4n) is 2.54. The zero-order valence-corrected chi connectivity index (χ0v) is 10.8. The monoisotopic (exact) mass is 249 g/mol. The minimum absolute atomic E-state index is 0.220. The molecule has 2 rings (SSSR count). The minimum Gasteiger partial charge on any atom is -0.316 e. The van der Waals surface area contributed by atoms with Crippen molar-refractivity contribution in [3.8, 4) is 0 Å². The van der Waals surface area contributed by atoms with E-state index in [9.17, 15) is 9.18 Å². The maximum Gasteiger partial charge on any atom is 0.137 e. The number of hydrogen-bond donors (Lipinski definition) is 1. The zero-order valence-electron chi connectivity index (χ0n) is 10.8. The summed E-state index contributed by atoms with van der Waals surface area (Å²) in [6.07, 6.45) is 3.25. The van der Waals surface area contributed by atoms with Crippen LogP contribution < -0.4 is 5.32 Å². The molecule has 1 fully saturated rings. The molecule has 0 bridgehead atoms. The van der Waals surface area contributed by atoms with Crippen LogP contribution in [0.1, 0.15) is 30.4 Å². The van der Waals surface area contributed by atoms with E-state index in [-0.39, 0.29) is 11.6 Å². The van der Waals surface area contributed by atoms with Gasteiger partial charge in [-0.25, -0.2) is 4.39 Å². The van der Waals surface area contributed by atoms with E-state index in [1.165, 1.54) is 12.1 Å². The van der Waals surface area contributed by atoms with Gasteiger partial charge in [-0.1, -0.05) is 6.07 Å². The highest BCUT2D eigenvalue weighted by molar-refractivity contribution is 5.81. The number of halogens is 1. The average molecular weight is 249 g/mol. The van der Waals surface area contributed by atoms with Gasteiger partial charge < -0.3 is 5.32 Å². The maximum atomic E-state index is 13.1. The van der Waals surface area contributed by atoms with Crippen LogP contribution in [0.5, 0.6) is 0 Å². The number of benzene rings is 1. The molecule has 1 aromatic rings. The molecule has 1 N–H and O–H groups in total. The first-order valence-electron chi connectivity index (χ1n) is 6.62. The number of aryl methyl sites for hydroxylation is 1. The van der Waals surface area contributed by atoms with Crippen molar-refractivity contribution in [1.29, 1.82) is 0 Å². The van der Waals surface area contributed by atoms with Crippen molar-refractivity contribution in [3.63, 3.8) is 0 Å². The summed E-state index contributed by atoms with van der Waals surface area (Å²) < 4.78 is 13.1. The van der Waals surface area contributed by atoms with Gasteiger partial charge in [0.2, 0.25) is 0 Å². The van der Waals surface area contributed by atoms with Crippen molar-refractivity contribution >= 4 is 5.78 Å². The smallest absolute Gasteiger partial charge is 0.137 e. The second-order valence-electron chi connectivity index (χ2n) is 5.20. The highest BCUT2D eigenvalue weighted by Crippen LogP contribution is 2.17. The molecule has 18 heavy (non-hydrogen) atoms. The number of carbonyl (C=O) groups excluding carboxylic acids is 1. The second-order valence-corrected chi connectivity index (χ2v) is 5.20. The predicted octanol–water partition coefficient (Wildman–Crippen LogP) is 2.64. The van der Waals surface area contributed by atoms with Crippen LogP contribution in [-0.2, 0) is 11.2 Å². The Balaban J connectivity index is 1.92. The number of rotatable bonds is 4. The van der Waals surface area contributed by atoms with Crippen LogP contribution in [-0.4, -0.2) is 18.9 Å². The highest BCUT2D eigenvalue weighted by Gasteiger charge is 2.17. The summed E-state index contributed by atoms with van der Waals surface area (Å²) in [7, 11) is 0. The highest BCUT2D eigenvalue weighted by atomic mass is 19.1. The Morgan fingerprint density at radius 2 is 2.33 bits per heavy atom. The van der Waals surface area contributed by atoms with Crippen LogP contribution in [0.25, 0.3) is 0 Å². The lowest BCUT2D eigenvalue weighted by molar-refractivity contribution is -0.119. The Bertz CT molecular complexity index is 425. The van der Waals surface area contributed by atoms with Crippen molar-refractivity contribution in [1.82, 2.24) is 5.32 Å². The molecule has 0 radical (unpaired) electrons. The van der Waals surface area contributed by atoms with Crippen molar-refractivity contribution in [2.75, 3.05) is 13.1 Å². The number of carbonyl (C=O) groups is 1. The molecule has 2 nitrogen and oxygen atoms in total. The molecule has 0 saturated carbocycles. The van der Waals surface area contributed by atoms with Crippen molar-refractivity contribution in [2.24, 2.45) is 5.92 Å². The third kappa shape index (κ3) is 3.64. The van der Waals surface area contributed by atoms with Gasteiger partial charge in [-0.2, -0.15) is 0 Å². The summed E-state index contributed by atoms with van der Waals surface area (Å²) in [5.74, 6) is 0.417. The first-order chi connectivity index (χ1) is 8.65. The molecule has 0 aliphatic carbocycles. The Kier molecular flexibility index (Phi) is 4.48.